The van der Waals surface area contributed by atoms with Gasteiger partial charge in [0.1, 0.15) is 0 Å². The van der Waals surface area contributed by atoms with Crippen molar-refractivity contribution in [1.82, 2.24) is 9.38 Å². The van der Waals surface area contributed by atoms with Gasteiger partial charge in [0.05, 0.1) is 29.7 Å². The molecular weight excluding hydrogens is 322 g/mol. The van der Waals surface area contributed by atoms with Gasteiger partial charge in [-0.2, -0.15) is 0 Å². The third-order valence-electron chi connectivity index (χ3n) is 4.98. The van der Waals surface area contributed by atoms with Gasteiger partial charge in [0.25, 0.3) is 0 Å². The van der Waals surface area contributed by atoms with E-state index in [1.807, 2.05) is 23.6 Å². The largest absolute Gasteiger partial charge is 0.390 e. The summed E-state index contributed by atoms with van der Waals surface area (Å²) < 4.78 is 2.01. The van der Waals surface area contributed by atoms with Gasteiger partial charge in [-0.1, -0.05) is 24.3 Å². The number of hydrogen-bond donors (Lipinski definition) is 1. The van der Waals surface area contributed by atoms with Crippen molar-refractivity contribution < 1.29 is 5.11 Å². The van der Waals surface area contributed by atoms with Gasteiger partial charge in [-0.3, -0.25) is 4.40 Å². The number of anilines is 1. The lowest BCUT2D eigenvalue weighted by atomic mass is 9.93. The lowest BCUT2D eigenvalue weighted by Gasteiger charge is -2.37. The molecule has 24 heavy (non-hydrogen) atoms. The zero-order valence-electron chi connectivity index (χ0n) is 13.9. The molecule has 3 aromatic rings. The Morgan fingerprint density at radius 2 is 2.00 bits per heavy atom. The number of rotatable bonds is 2. The Balaban J connectivity index is 0.00000169. The zero-order chi connectivity index (χ0) is 16.0. The molecule has 0 saturated carbocycles. The minimum atomic E-state index is 0. The molecular formula is C19H22ClN3O. The molecule has 0 spiro atoms. The summed E-state index contributed by atoms with van der Waals surface area (Å²) in [6.45, 7) is 5.20. The van der Waals surface area contributed by atoms with Crippen LogP contribution in [0.1, 0.15) is 35.5 Å². The fraction of sp³-hybridized carbons (Fsp3) is 0.316. The molecule has 1 aliphatic heterocycles. The number of nitrogens with zero attached hydrogens (tertiary/aromatic N) is 3. The Hall–Kier alpha value is -2.04. The Morgan fingerprint density at radius 3 is 2.79 bits per heavy atom. The van der Waals surface area contributed by atoms with Gasteiger partial charge >= 0.3 is 0 Å². The van der Waals surface area contributed by atoms with Crippen LogP contribution >= 0.6 is 12.4 Å². The molecule has 4 nitrogen and oxygen atoms in total. The lowest BCUT2D eigenvalue weighted by molar-refractivity contribution is 0.275. The topological polar surface area (TPSA) is 40.8 Å². The summed E-state index contributed by atoms with van der Waals surface area (Å²) in [5.41, 5.74) is 6.67. The molecule has 1 atom stereocenters. The third-order valence-corrected chi connectivity index (χ3v) is 4.98. The number of halogens is 1. The molecule has 0 saturated heterocycles. The highest BCUT2D eigenvalue weighted by atomic mass is 35.5. The second-order valence-electron chi connectivity index (χ2n) is 6.21. The van der Waals surface area contributed by atoms with Crippen molar-refractivity contribution >= 4 is 23.7 Å². The summed E-state index contributed by atoms with van der Waals surface area (Å²) in [6.07, 6.45) is 3.03. The predicted octanol–water partition coefficient (Wildman–Crippen LogP) is 3.68. The molecule has 0 fully saturated rings. The smallest absolute Gasteiger partial charge is 0.161 e. The fourth-order valence-electron chi connectivity index (χ4n) is 3.73. The van der Waals surface area contributed by atoms with Gasteiger partial charge in [0.15, 0.2) is 5.65 Å². The number of pyridine rings is 1. The first kappa shape index (κ1) is 16.8. The van der Waals surface area contributed by atoms with Gasteiger partial charge in [-0.05, 0) is 43.5 Å². The van der Waals surface area contributed by atoms with Crippen LogP contribution in [0.3, 0.4) is 0 Å². The molecule has 5 heteroatoms. The maximum Gasteiger partial charge on any atom is 0.161 e. The van der Waals surface area contributed by atoms with E-state index in [9.17, 15) is 5.11 Å². The summed E-state index contributed by atoms with van der Waals surface area (Å²) in [7, 11) is 0. The van der Waals surface area contributed by atoms with Crippen molar-refractivity contribution in [2.24, 2.45) is 0 Å². The summed E-state index contributed by atoms with van der Waals surface area (Å²) in [6, 6.07) is 13.2. The molecule has 3 heterocycles. The molecule has 1 N–H and O–H groups in total. The van der Waals surface area contributed by atoms with E-state index in [0.717, 1.165) is 35.7 Å². The predicted molar refractivity (Wildman–Crippen MR) is 99.0 cm³/mol. The molecule has 126 valence electrons. The van der Waals surface area contributed by atoms with Crippen molar-refractivity contribution in [3.05, 3.63) is 65.1 Å². The van der Waals surface area contributed by atoms with Crippen LogP contribution in [0.2, 0.25) is 0 Å². The SMILES string of the molecule is Cc1nc2c(N3CCc4ccccc4[C@H]3C)cccn2c1CO.Cl. The van der Waals surface area contributed by atoms with E-state index in [4.69, 9.17) is 4.98 Å². The van der Waals surface area contributed by atoms with Gasteiger partial charge in [-0.15, -0.1) is 12.4 Å². The molecule has 0 radical (unpaired) electrons. The number of aliphatic hydroxyl groups excluding tert-OH is 1. The van der Waals surface area contributed by atoms with Crippen molar-refractivity contribution in [1.29, 1.82) is 0 Å². The molecule has 4 rings (SSSR count). The van der Waals surface area contributed by atoms with Crippen molar-refractivity contribution in [3.8, 4) is 0 Å². The van der Waals surface area contributed by atoms with Crippen LogP contribution in [-0.2, 0) is 13.0 Å². The monoisotopic (exact) mass is 343 g/mol. The highest BCUT2D eigenvalue weighted by Crippen LogP contribution is 2.35. The first-order chi connectivity index (χ1) is 11.2. The number of hydrogen-bond acceptors (Lipinski definition) is 3. The standard InChI is InChI=1S/C19H21N3O.ClH/c1-13-18(12-23)22-10-5-8-17(19(22)20-13)21-11-9-15-6-3-4-7-16(15)14(21)2;/h3-8,10,14,23H,9,11-12H2,1-2H3;1H/t14-;/m1./s1. The van der Waals surface area contributed by atoms with Crippen LogP contribution in [-0.4, -0.2) is 21.0 Å². The molecule has 0 unspecified atom stereocenters. The van der Waals surface area contributed by atoms with Crippen molar-refractivity contribution in [2.45, 2.75) is 32.9 Å². The van der Waals surface area contributed by atoms with Crippen molar-refractivity contribution in [2.75, 3.05) is 11.4 Å². The lowest BCUT2D eigenvalue weighted by Crippen LogP contribution is -2.34. The summed E-state index contributed by atoms with van der Waals surface area (Å²) in [5.74, 6) is 0. The second kappa shape index (κ2) is 6.46. The average Bonchev–Trinajstić information content (AvgIpc) is 2.91. The Labute approximate surface area is 148 Å². The Bertz CT molecular complexity index is 874. The number of fused-ring (bicyclic) bond motifs is 2. The van der Waals surface area contributed by atoms with Gasteiger partial charge in [0.2, 0.25) is 0 Å². The Morgan fingerprint density at radius 1 is 1.21 bits per heavy atom. The molecule has 1 aromatic carbocycles. The van der Waals surface area contributed by atoms with Crippen LogP contribution in [0.4, 0.5) is 5.69 Å². The number of imidazole rings is 1. The second-order valence-corrected chi connectivity index (χ2v) is 6.21. The number of aliphatic hydroxyl groups is 1. The summed E-state index contributed by atoms with van der Waals surface area (Å²) in [5, 5.41) is 9.61. The molecule has 0 amide bonds. The highest BCUT2D eigenvalue weighted by Gasteiger charge is 2.26. The molecule has 0 bridgehead atoms. The zero-order valence-corrected chi connectivity index (χ0v) is 14.8. The van der Waals surface area contributed by atoms with Crippen molar-refractivity contribution in [3.63, 3.8) is 0 Å². The third kappa shape index (κ3) is 2.46. The minimum Gasteiger partial charge on any atom is -0.390 e. The number of aromatic nitrogens is 2. The first-order valence-electron chi connectivity index (χ1n) is 8.12. The van der Waals surface area contributed by atoms with Crippen LogP contribution in [0.5, 0.6) is 0 Å². The molecule has 1 aliphatic rings. The van der Waals surface area contributed by atoms with E-state index in [1.165, 1.54) is 11.1 Å². The van der Waals surface area contributed by atoms with Gasteiger partial charge in [-0.25, -0.2) is 4.98 Å². The fourth-order valence-corrected chi connectivity index (χ4v) is 3.73. The Kier molecular flexibility index (Phi) is 4.52. The van der Waals surface area contributed by atoms with Gasteiger partial charge < -0.3 is 10.0 Å². The minimum absolute atomic E-state index is 0. The van der Waals surface area contributed by atoms with E-state index < -0.39 is 0 Å². The van der Waals surface area contributed by atoms with Gasteiger partial charge in [0, 0.05) is 12.7 Å². The normalized spacial score (nSPS) is 16.8. The van der Waals surface area contributed by atoms with Crippen LogP contribution in [0.25, 0.3) is 5.65 Å². The maximum absolute atomic E-state index is 9.61. The van der Waals surface area contributed by atoms with E-state index >= 15 is 0 Å². The van der Waals surface area contributed by atoms with E-state index in [0.29, 0.717) is 6.04 Å². The summed E-state index contributed by atoms with van der Waals surface area (Å²) >= 11 is 0. The van der Waals surface area contributed by atoms with E-state index in [-0.39, 0.29) is 19.0 Å². The molecule has 2 aromatic heterocycles. The average molecular weight is 344 g/mol. The van der Waals surface area contributed by atoms with Crippen LogP contribution in [0.15, 0.2) is 42.6 Å². The number of benzene rings is 1. The van der Waals surface area contributed by atoms with E-state index in [2.05, 4.69) is 42.2 Å². The molecule has 0 aliphatic carbocycles. The number of aryl methyl sites for hydroxylation is 1. The maximum atomic E-state index is 9.61. The van der Waals surface area contributed by atoms with Crippen LogP contribution in [0, 0.1) is 6.92 Å². The first-order valence-corrected chi connectivity index (χ1v) is 8.12. The van der Waals surface area contributed by atoms with Crippen LogP contribution < -0.4 is 4.90 Å². The summed E-state index contributed by atoms with van der Waals surface area (Å²) in [4.78, 5) is 7.13. The highest BCUT2D eigenvalue weighted by molar-refractivity contribution is 5.85. The quantitative estimate of drug-likeness (QED) is 0.771. The van der Waals surface area contributed by atoms with E-state index in [1.54, 1.807) is 0 Å².